The normalized spacial score (nSPS) is 11.5. The highest BCUT2D eigenvalue weighted by Gasteiger charge is 2.37. The minimum atomic E-state index is -4.82. The number of hydrogen-bond donors (Lipinski definition) is 2. The summed E-state index contributed by atoms with van der Waals surface area (Å²) in [6.07, 6.45) is -3.51. The number of nitrogens with zero attached hydrogens (tertiary/aromatic N) is 4. The molecule has 186 valence electrons. The van der Waals surface area contributed by atoms with Crippen LogP contribution in [0.2, 0.25) is 5.02 Å². The van der Waals surface area contributed by atoms with E-state index in [-0.39, 0.29) is 22.1 Å². The number of carbonyl (C=O) groups excluding carboxylic acids is 2. The smallest absolute Gasteiger partial charge is 0.352 e. The second-order valence-electron chi connectivity index (χ2n) is 7.91. The van der Waals surface area contributed by atoms with E-state index in [1.54, 1.807) is 39.0 Å². The third-order valence-corrected chi connectivity index (χ3v) is 5.60. The number of nitrogens with one attached hydrogen (secondary N) is 2. The van der Waals surface area contributed by atoms with Crippen LogP contribution in [0.15, 0.2) is 42.6 Å². The van der Waals surface area contributed by atoms with E-state index >= 15 is 0 Å². The SMILES string of the molecule is CCNC(=O)c1c(NC(=O)c2cc(C(F)(F)F)nn2-c2ncccc2Cl)c(C)cc2nc(C)ccc12. The van der Waals surface area contributed by atoms with Crippen LogP contribution >= 0.6 is 11.6 Å². The summed E-state index contributed by atoms with van der Waals surface area (Å²) in [6.45, 7) is 5.53. The van der Waals surface area contributed by atoms with Crippen LogP contribution in [-0.4, -0.2) is 38.1 Å². The summed E-state index contributed by atoms with van der Waals surface area (Å²) in [5, 5.41) is 9.33. The van der Waals surface area contributed by atoms with Gasteiger partial charge in [0.15, 0.2) is 11.5 Å². The van der Waals surface area contributed by atoms with E-state index in [9.17, 15) is 22.8 Å². The molecule has 3 aromatic heterocycles. The average Bonchev–Trinajstić information content (AvgIpc) is 3.26. The third-order valence-electron chi connectivity index (χ3n) is 5.31. The fourth-order valence-electron chi connectivity index (χ4n) is 3.71. The van der Waals surface area contributed by atoms with Gasteiger partial charge < -0.3 is 10.6 Å². The Bertz CT molecular complexity index is 1500. The second-order valence-corrected chi connectivity index (χ2v) is 8.32. The van der Waals surface area contributed by atoms with Crippen molar-refractivity contribution in [3.63, 3.8) is 0 Å². The predicted molar refractivity (Wildman–Crippen MR) is 129 cm³/mol. The minimum Gasteiger partial charge on any atom is -0.352 e. The maximum Gasteiger partial charge on any atom is 0.435 e. The number of benzene rings is 1. The molecule has 0 aliphatic rings. The molecule has 0 fully saturated rings. The Morgan fingerprint density at radius 1 is 1.11 bits per heavy atom. The zero-order valence-electron chi connectivity index (χ0n) is 19.4. The van der Waals surface area contributed by atoms with Crippen LogP contribution in [0.5, 0.6) is 0 Å². The second kappa shape index (κ2) is 9.57. The molecule has 2 N–H and O–H groups in total. The number of hydrogen-bond acceptors (Lipinski definition) is 5. The third kappa shape index (κ3) is 4.74. The number of amides is 2. The van der Waals surface area contributed by atoms with Crippen LogP contribution in [-0.2, 0) is 6.18 Å². The van der Waals surface area contributed by atoms with Gasteiger partial charge in [-0.1, -0.05) is 17.7 Å². The fourth-order valence-corrected chi connectivity index (χ4v) is 3.91. The standard InChI is InChI=1S/C24H20ClF3N6O2/c1-4-29-23(36)19-14-8-7-13(3)31-16(14)10-12(2)20(19)32-22(35)17-11-18(24(26,27)28)33-34(17)21-15(25)6-5-9-30-21/h5-11H,4H2,1-3H3,(H,29,36)(H,32,35). The van der Waals surface area contributed by atoms with Gasteiger partial charge in [-0.2, -0.15) is 18.3 Å². The lowest BCUT2D eigenvalue weighted by Crippen LogP contribution is -2.26. The monoisotopic (exact) mass is 516 g/mol. The largest absolute Gasteiger partial charge is 0.435 e. The first-order valence-electron chi connectivity index (χ1n) is 10.8. The van der Waals surface area contributed by atoms with Crippen molar-refractivity contribution >= 4 is 40.0 Å². The van der Waals surface area contributed by atoms with E-state index < -0.39 is 29.4 Å². The van der Waals surface area contributed by atoms with E-state index in [1.807, 2.05) is 0 Å². The number of carbonyl (C=O) groups is 2. The van der Waals surface area contributed by atoms with E-state index in [0.717, 1.165) is 10.4 Å². The van der Waals surface area contributed by atoms with Crippen LogP contribution < -0.4 is 10.6 Å². The molecule has 2 amide bonds. The Morgan fingerprint density at radius 3 is 2.53 bits per heavy atom. The number of halogens is 4. The number of anilines is 1. The van der Waals surface area contributed by atoms with Crippen LogP contribution in [0.25, 0.3) is 16.7 Å². The van der Waals surface area contributed by atoms with Crippen LogP contribution in [0.4, 0.5) is 18.9 Å². The lowest BCUT2D eigenvalue weighted by molar-refractivity contribution is -0.141. The van der Waals surface area contributed by atoms with Gasteiger partial charge in [-0.05, 0) is 50.6 Å². The summed E-state index contributed by atoms with van der Waals surface area (Å²) in [5.74, 6) is -1.56. The van der Waals surface area contributed by atoms with Gasteiger partial charge in [0, 0.05) is 29.9 Å². The van der Waals surface area contributed by atoms with Crippen LogP contribution in [0, 0.1) is 13.8 Å². The van der Waals surface area contributed by atoms with Crippen LogP contribution in [0.1, 0.15) is 44.7 Å². The lowest BCUT2D eigenvalue weighted by atomic mass is 10.00. The number of rotatable bonds is 5. The summed E-state index contributed by atoms with van der Waals surface area (Å²) in [6, 6.07) is 8.63. The van der Waals surface area contributed by atoms with Crippen molar-refractivity contribution < 1.29 is 22.8 Å². The van der Waals surface area contributed by atoms with Crippen molar-refractivity contribution in [2.24, 2.45) is 0 Å². The van der Waals surface area contributed by atoms with Gasteiger partial charge in [0.25, 0.3) is 11.8 Å². The highest BCUT2D eigenvalue weighted by Crippen LogP contribution is 2.33. The van der Waals surface area contributed by atoms with Gasteiger partial charge >= 0.3 is 6.18 Å². The molecule has 0 unspecified atom stereocenters. The van der Waals surface area contributed by atoms with Crippen molar-refractivity contribution in [1.29, 1.82) is 0 Å². The molecule has 0 spiro atoms. The van der Waals surface area contributed by atoms with Gasteiger partial charge in [-0.25, -0.2) is 9.67 Å². The molecule has 12 heteroatoms. The predicted octanol–water partition coefficient (Wildman–Crippen LogP) is 5.11. The first-order chi connectivity index (χ1) is 17.0. The number of aryl methyl sites for hydroxylation is 2. The average molecular weight is 517 g/mol. The van der Waals surface area contributed by atoms with Crippen molar-refractivity contribution in [2.45, 2.75) is 26.9 Å². The zero-order chi connectivity index (χ0) is 26.2. The zero-order valence-corrected chi connectivity index (χ0v) is 20.1. The van der Waals surface area contributed by atoms with E-state index in [4.69, 9.17) is 11.6 Å². The van der Waals surface area contributed by atoms with E-state index in [1.165, 1.54) is 18.3 Å². The number of pyridine rings is 2. The quantitative estimate of drug-likeness (QED) is 0.384. The van der Waals surface area contributed by atoms with Crippen molar-refractivity contribution in [3.05, 3.63) is 75.8 Å². The summed E-state index contributed by atoms with van der Waals surface area (Å²) in [5.41, 5.74) is 0.281. The molecular formula is C24H20ClF3N6O2. The first-order valence-corrected chi connectivity index (χ1v) is 11.2. The summed E-state index contributed by atoms with van der Waals surface area (Å²) in [7, 11) is 0. The highest BCUT2D eigenvalue weighted by atomic mass is 35.5. The maximum atomic E-state index is 13.5. The summed E-state index contributed by atoms with van der Waals surface area (Å²) in [4.78, 5) is 34.8. The van der Waals surface area contributed by atoms with Gasteiger partial charge in [-0.15, -0.1) is 0 Å². The Labute approximate surface area is 208 Å². The molecule has 0 bridgehead atoms. The Kier molecular flexibility index (Phi) is 6.68. The van der Waals surface area contributed by atoms with Crippen molar-refractivity contribution in [3.8, 4) is 5.82 Å². The van der Waals surface area contributed by atoms with E-state index in [0.29, 0.717) is 29.1 Å². The molecule has 8 nitrogen and oxygen atoms in total. The molecule has 0 aliphatic carbocycles. The highest BCUT2D eigenvalue weighted by molar-refractivity contribution is 6.32. The minimum absolute atomic E-state index is 0.00489. The number of fused-ring (bicyclic) bond motifs is 1. The number of aromatic nitrogens is 4. The van der Waals surface area contributed by atoms with Crippen molar-refractivity contribution in [2.75, 3.05) is 11.9 Å². The lowest BCUT2D eigenvalue weighted by Gasteiger charge is -2.17. The van der Waals surface area contributed by atoms with Crippen molar-refractivity contribution in [1.82, 2.24) is 25.1 Å². The molecule has 0 saturated carbocycles. The molecule has 0 saturated heterocycles. The van der Waals surface area contributed by atoms with Gasteiger partial charge in [0.2, 0.25) is 0 Å². The topological polar surface area (TPSA) is 102 Å². The molecule has 3 heterocycles. The van der Waals surface area contributed by atoms with Gasteiger partial charge in [-0.3, -0.25) is 14.6 Å². The van der Waals surface area contributed by atoms with Crippen LogP contribution in [0.3, 0.4) is 0 Å². The molecule has 1 aromatic carbocycles. The first kappa shape index (κ1) is 25.1. The Balaban J connectivity index is 1.88. The fraction of sp³-hybridized carbons (Fsp3) is 0.208. The number of alkyl halides is 3. The summed E-state index contributed by atoms with van der Waals surface area (Å²) < 4.78 is 41.2. The Morgan fingerprint density at radius 2 is 1.86 bits per heavy atom. The Hall–Kier alpha value is -3.99. The molecule has 0 radical (unpaired) electrons. The van der Waals surface area contributed by atoms with Gasteiger partial charge in [0.1, 0.15) is 5.69 Å². The molecular weight excluding hydrogens is 497 g/mol. The molecule has 4 aromatic rings. The molecule has 4 rings (SSSR count). The molecule has 36 heavy (non-hydrogen) atoms. The summed E-state index contributed by atoms with van der Waals surface area (Å²) >= 11 is 6.13. The maximum absolute atomic E-state index is 13.5. The van der Waals surface area contributed by atoms with E-state index in [2.05, 4.69) is 25.7 Å². The van der Waals surface area contributed by atoms with Gasteiger partial charge in [0.05, 0.1) is 21.8 Å². The molecule has 0 atom stereocenters. The molecule has 0 aliphatic heterocycles.